The fraction of sp³-hybridized carbons (Fsp3) is 0.500. The second-order valence-electron chi connectivity index (χ2n) is 7.73. The molecule has 0 aliphatic carbocycles. The van der Waals surface area contributed by atoms with Crippen LogP contribution in [0.15, 0.2) is 30.3 Å². The predicted molar refractivity (Wildman–Crippen MR) is 117 cm³/mol. The van der Waals surface area contributed by atoms with Crippen molar-refractivity contribution in [3.63, 3.8) is 0 Å². The number of benzene rings is 1. The molecule has 0 spiro atoms. The Labute approximate surface area is 187 Å². The van der Waals surface area contributed by atoms with Gasteiger partial charge in [-0.1, -0.05) is 64.4 Å². The molecule has 3 N–H and O–H groups in total. The third-order valence-corrected chi connectivity index (χ3v) is 4.87. The molecule has 0 aromatic heterocycles. The number of carbonyl (C=O) groups is 4. The molecule has 0 unspecified atom stereocenters. The molecule has 1 aromatic rings. The van der Waals surface area contributed by atoms with Crippen LogP contribution >= 0.6 is 0 Å². The smallest absolute Gasteiger partial charge is 0.408 e. The van der Waals surface area contributed by atoms with Gasteiger partial charge < -0.3 is 26.2 Å². The van der Waals surface area contributed by atoms with Gasteiger partial charge in [0.15, 0.2) is 0 Å². The molecule has 1 rings (SSSR count). The standard InChI is InChI=1S/C22H31N5O5/c1-5-15(4)19(27-22(31)32-13-16-9-7-6-8-10-16)21(30)26-18(14(2)3)20(29)24-11-17(28)12-25-23/h6-10,12,14-15,18-19H,5,11,13H2,1-4H3,(H,24,29)(H,26,30)(H,27,31)/t15-,18-,19-/m0/s1. The Morgan fingerprint density at radius 2 is 1.69 bits per heavy atom. The summed E-state index contributed by atoms with van der Waals surface area (Å²) in [7, 11) is 0. The van der Waals surface area contributed by atoms with E-state index in [0.29, 0.717) is 12.6 Å². The summed E-state index contributed by atoms with van der Waals surface area (Å²) in [6, 6.07) is 7.28. The van der Waals surface area contributed by atoms with E-state index in [4.69, 9.17) is 10.3 Å². The monoisotopic (exact) mass is 445 g/mol. The Balaban J connectivity index is 2.78. The predicted octanol–water partition coefficient (Wildman–Crippen LogP) is 1.45. The van der Waals surface area contributed by atoms with Crippen molar-refractivity contribution in [3.05, 3.63) is 41.4 Å². The van der Waals surface area contributed by atoms with Crippen LogP contribution in [0.3, 0.4) is 0 Å². The van der Waals surface area contributed by atoms with Crippen molar-refractivity contribution >= 4 is 29.9 Å². The number of ketones is 1. The third-order valence-electron chi connectivity index (χ3n) is 4.87. The number of carbonyl (C=O) groups excluding carboxylic acids is 4. The Bertz CT molecular complexity index is 836. The minimum atomic E-state index is -0.935. The van der Waals surface area contributed by atoms with Crippen LogP contribution in [0.5, 0.6) is 0 Å². The van der Waals surface area contributed by atoms with Gasteiger partial charge in [0.2, 0.25) is 11.8 Å². The van der Waals surface area contributed by atoms with E-state index in [2.05, 4.69) is 20.7 Å². The molecule has 0 heterocycles. The average Bonchev–Trinajstić information content (AvgIpc) is 2.78. The average molecular weight is 446 g/mol. The molecule has 0 aliphatic heterocycles. The summed E-state index contributed by atoms with van der Waals surface area (Å²) in [6.07, 6.45) is 0.534. The molecule has 0 saturated carbocycles. The highest BCUT2D eigenvalue weighted by molar-refractivity contribution is 6.26. The van der Waals surface area contributed by atoms with Crippen LogP contribution in [-0.2, 0) is 25.7 Å². The lowest BCUT2D eigenvalue weighted by Crippen LogP contribution is -2.57. The summed E-state index contributed by atoms with van der Waals surface area (Å²) in [5, 5.41) is 7.63. The second kappa shape index (κ2) is 13.7. The zero-order valence-electron chi connectivity index (χ0n) is 18.8. The maximum Gasteiger partial charge on any atom is 0.408 e. The number of amides is 3. The fourth-order valence-corrected chi connectivity index (χ4v) is 2.77. The number of nitrogens with one attached hydrogen (secondary N) is 3. The van der Waals surface area contributed by atoms with Gasteiger partial charge in [-0.05, 0) is 17.4 Å². The normalized spacial score (nSPS) is 13.2. The van der Waals surface area contributed by atoms with Crippen molar-refractivity contribution in [1.29, 1.82) is 0 Å². The minimum Gasteiger partial charge on any atom is -0.445 e. The first kappa shape index (κ1) is 26.5. The van der Waals surface area contributed by atoms with Crippen molar-refractivity contribution in [3.8, 4) is 0 Å². The Morgan fingerprint density at radius 1 is 1.03 bits per heavy atom. The number of hydrogen-bond donors (Lipinski definition) is 3. The van der Waals surface area contributed by atoms with Gasteiger partial charge in [0.1, 0.15) is 18.7 Å². The molecule has 1 aromatic carbocycles. The van der Waals surface area contributed by atoms with E-state index < -0.39 is 35.8 Å². The van der Waals surface area contributed by atoms with Crippen LogP contribution in [0.1, 0.15) is 39.7 Å². The summed E-state index contributed by atoms with van der Waals surface area (Å²) >= 11 is 0. The number of nitrogens with zero attached hydrogens (tertiary/aromatic N) is 2. The Morgan fingerprint density at radius 3 is 2.25 bits per heavy atom. The van der Waals surface area contributed by atoms with Gasteiger partial charge in [-0.25, -0.2) is 4.79 Å². The fourth-order valence-electron chi connectivity index (χ4n) is 2.77. The van der Waals surface area contributed by atoms with Gasteiger partial charge in [-0.15, -0.1) is 0 Å². The molecule has 0 saturated heterocycles. The lowest BCUT2D eigenvalue weighted by Gasteiger charge is -2.27. The van der Waals surface area contributed by atoms with E-state index in [1.165, 1.54) is 0 Å². The molecule has 3 atom stereocenters. The highest BCUT2D eigenvalue weighted by Gasteiger charge is 2.31. The van der Waals surface area contributed by atoms with Gasteiger partial charge in [-0.2, -0.15) is 4.79 Å². The zero-order valence-corrected chi connectivity index (χ0v) is 18.8. The quantitative estimate of drug-likeness (QED) is 0.253. The molecular formula is C22H31N5O5. The molecule has 0 bridgehead atoms. The third kappa shape index (κ3) is 9.09. The van der Waals surface area contributed by atoms with E-state index in [1.807, 2.05) is 37.3 Å². The zero-order chi connectivity index (χ0) is 24.1. The molecule has 3 amide bonds. The Kier molecular flexibility index (Phi) is 11.4. The molecule has 174 valence electrons. The number of Topliss-reactive ketones (excluding diaryl/α,β-unsaturated/α-hetero) is 1. The molecule has 10 heteroatoms. The molecule has 0 fully saturated rings. The van der Waals surface area contributed by atoms with Crippen molar-refractivity contribution in [1.82, 2.24) is 16.0 Å². The molecular weight excluding hydrogens is 414 g/mol. The van der Waals surface area contributed by atoms with Crippen molar-refractivity contribution in [2.75, 3.05) is 6.54 Å². The summed E-state index contributed by atoms with van der Waals surface area (Å²) in [5.41, 5.74) is 9.17. The largest absolute Gasteiger partial charge is 0.445 e. The molecule has 32 heavy (non-hydrogen) atoms. The van der Waals surface area contributed by atoms with Crippen LogP contribution in [0.25, 0.3) is 5.53 Å². The number of ether oxygens (including phenoxy) is 1. The molecule has 0 radical (unpaired) electrons. The van der Waals surface area contributed by atoms with E-state index in [0.717, 1.165) is 5.56 Å². The first-order valence-electron chi connectivity index (χ1n) is 10.4. The van der Waals surface area contributed by atoms with Crippen molar-refractivity contribution in [2.24, 2.45) is 11.8 Å². The maximum absolute atomic E-state index is 12.9. The molecule has 10 nitrogen and oxygen atoms in total. The first-order valence-corrected chi connectivity index (χ1v) is 10.4. The highest BCUT2D eigenvalue weighted by Crippen LogP contribution is 2.11. The van der Waals surface area contributed by atoms with Crippen LogP contribution < -0.4 is 16.0 Å². The maximum atomic E-state index is 12.9. The number of hydrogen-bond acceptors (Lipinski definition) is 5. The summed E-state index contributed by atoms with van der Waals surface area (Å²) in [6.45, 7) is 6.84. The van der Waals surface area contributed by atoms with Crippen molar-refractivity contribution in [2.45, 2.75) is 52.8 Å². The lowest BCUT2D eigenvalue weighted by molar-refractivity contribution is -0.132. The van der Waals surface area contributed by atoms with Crippen LogP contribution in [0.2, 0.25) is 0 Å². The number of alkyl carbamates (subject to hydrolysis) is 1. The minimum absolute atomic E-state index is 0.0592. The summed E-state index contributed by atoms with van der Waals surface area (Å²) in [4.78, 5) is 51.7. The van der Waals surface area contributed by atoms with Crippen LogP contribution in [0, 0.1) is 11.8 Å². The van der Waals surface area contributed by atoms with E-state index >= 15 is 0 Å². The van der Waals surface area contributed by atoms with Gasteiger partial charge in [0, 0.05) is 0 Å². The van der Waals surface area contributed by atoms with Crippen LogP contribution in [-0.4, -0.2) is 53.3 Å². The topological polar surface area (TPSA) is 150 Å². The highest BCUT2D eigenvalue weighted by atomic mass is 16.5. The van der Waals surface area contributed by atoms with Gasteiger partial charge in [0.25, 0.3) is 5.78 Å². The SMILES string of the molecule is CC[C@H](C)[C@H](NC(=O)OCc1ccccc1)C(=O)N[C@H](C(=O)NCC(=O)C=[N+]=[N-])C(C)C. The van der Waals surface area contributed by atoms with Crippen molar-refractivity contribution < 1.29 is 28.7 Å². The Hall–Kier alpha value is -3.52. The first-order chi connectivity index (χ1) is 15.2. The van der Waals surface area contributed by atoms with Gasteiger partial charge in [0.05, 0.1) is 6.54 Å². The lowest BCUT2D eigenvalue weighted by atomic mass is 9.96. The van der Waals surface area contributed by atoms with Crippen LogP contribution in [0.4, 0.5) is 4.79 Å². The van der Waals surface area contributed by atoms with E-state index in [-0.39, 0.29) is 25.0 Å². The summed E-state index contributed by atoms with van der Waals surface area (Å²) in [5.74, 6) is -2.22. The van der Waals surface area contributed by atoms with E-state index in [9.17, 15) is 19.2 Å². The van der Waals surface area contributed by atoms with E-state index in [1.54, 1.807) is 20.8 Å². The van der Waals surface area contributed by atoms with Gasteiger partial charge >= 0.3 is 12.3 Å². The molecule has 0 aliphatic rings. The van der Waals surface area contributed by atoms with Gasteiger partial charge in [-0.3, -0.25) is 14.4 Å². The second-order valence-corrected chi connectivity index (χ2v) is 7.73. The summed E-state index contributed by atoms with van der Waals surface area (Å²) < 4.78 is 5.21. The number of rotatable bonds is 12.